The van der Waals surface area contributed by atoms with Gasteiger partial charge >= 0.3 is 0 Å². The smallest absolute Gasteiger partial charge is 0.176 e. The second-order valence-electron chi connectivity index (χ2n) is 6.23. The van der Waals surface area contributed by atoms with Crippen molar-refractivity contribution in [2.24, 2.45) is 0 Å². The minimum absolute atomic E-state index is 0.255. The van der Waals surface area contributed by atoms with Gasteiger partial charge in [0.1, 0.15) is 5.75 Å². The van der Waals surface area contributed by atoms with Crippen molar-refractivity contribution in [3.63, 3.8) is 0 Å². The third kappa shape index (κ3) is 3.29. The van der Waals surface area contributed by atoms with Crippen molar-refractivity contribution in [2.75, 3.05) is 19.7 Å². The van der Waals surface area contributed by atoms with E-state index in [0.717, 1.165) is 37.3 Å². The molecule has 3 heteroatoms. The highest BCUT2D eigenvalue weighted by Gasteiger charge is 2.23. The average molecular weight is 287 g/mol. The van der Waals surface area contributed by atoms with Crippen LogP contribution in [0.15, 0.2) is 18.2 Å². The lowest BCUT2D eigenvalue weighted by molar-refractivity contribution is 0.0890. The summed E-state index contributed by atoms with van der Waals surface area (Å²) in [6.45, 7) is 4.62. The van der Waals surface area contributed by atoms with Gasteiger partial charge in [-0.1, -0.05) is 19.8 Å². The molecule has 3 rings (SSSR count). The Kier molecular flexibility index (Phi) is 4.59. The Morgan fingerprint density at radius 2 is 2.24 bits per heavy atom. The summed E-state index contributed by atoms with van der Waals surface area (Å²) in [7, 11) is 0. The molecule has 21 heavy (non-hydrogen) atoms. The fourth-order valence-corrected chi connectivity index (χ4v) is 3.54. The highest BCUT2D eigenvalue weighted by atomic mass is 16.5. The summed E-state index contributed by atoms with van der Waals surface area (Å²) in [4.78, 5) is 15.0. The Hall–Kier alpha value is -1.35. The molecule has 1 saturated heterocycles. The molecular weight excluding hydrogens is 262 g/mol. The molecule has 114 valence electrons. The van der Waals surface area contributed by atoms with Gasteiger partial charge in [0.25, 0.3) is 0 Å². The Bertz CT molecular complexity index is 512. The molecule has 0 N–H and O–H groups in total. The fraction of sp³-hybridized carbons (Fsp3) is 0.611. The van der Waals surface area contributed by atoms with E-state index in [-0.39, 0.29) is 5.78 Å². The molecule has 2 aliphatic rings. The molecule has 0 saturated carbocycles. The van der Waals surface area contributed by atoms with E-state index >= 15 is 0 Å². The van der Waals surface area contributed by atoms with E-state index in [2.05, 4.69) is 11.8 Å². The first-order chi connectivity index (χ1) is 10.3. The standard InChI is InChI=1S/C18H25NO2/c1-2-16-6-4-3-5-10-19(16)13-17(20)14-7-8-18-15(12-14)9-11-21-18/h7-8,12,16H,2-6,9-11,13H2,1H3. The van der Waals surface area contributed by atoms with E-state index < -0.39 is 0 Å². The largest absolute Gasteiger partial charge is 0.493 e. The van der Waals surface area contributed by atoms with Crippen LogP contribution in [0.2, 0.25) is 0 Å². The maximum atomic E-state index is 12.6. The highest BCUT2D eigenvalue weighted by molar-refractivity contribution is 5.98. The molecule has 1 aromatic carbocycles. The Morgan fingerprint density at radius 1 is 1.33 bits per heavy atom. The minimum Gasteiger partial charge on any atom is -0.493 e. The Morgan fingerprint density at radius 3 is 3.10 bits per heavy atom. The van der Waals surface area contributed by atoms with E-state index in [0.29, 0.717) is 12.6 Å². The van der Waals surface area contributed by atoms with E-state index in [4.69, 9.17) is 4.74 Å². The van der Waals surface area contributed by atoms with Crippen molar-refractivity contribution in [1.82, 2.24) is 4.90 Å². The number of hydrogen-bond acceptors (Lipinski definition) is 3. The summed E-state index contributed by atoms with van der Waals surface area (Å²) in [6, 6.07) is 6.48. The van der Waals surface area contributed by atoms with Crippen LogP contribution in [0.1, 0.15) is 54.9 Å². The molecule has 0 amide bonds. The van der Waals surface area contributed by atoms with Crippen LogP contribution in [0.5, 0.6) is 5.75 Å². The number of carbonyl (C=O) groups excluding carboxylic acids is 1. The SMILES string of the molecule is CCC1CCCCCN1CC(=O)c1ccc2c(c1)CCO2. The van der Waals surface area contributed by atoms with Crippen LogP contribution >= 0.6 is 0 Å². The number of ketones is 1. The maximum absolute atomic E-state index is 12.6. The zero-order valence-electron chi connectivity index (χ0n) is 12.9. The molecular formula is C18H25NO2. The number of benzene rings is 1. The first-order valence-corrected chi connectivity index (χ1v) is 8.31. The minimum atomic E-state index is 0.255. The van der Waals surface area contributed by atoms with Gasteiger partial charge in [0, 0.05) is 18.0 Å². The van der Waals surface area contributed by atoms with Crippen molar-refractivity contribution < 1.29 is 9.53 Å². The molecule has 2 heterocycles. The first kappa shape index (κ1) is 14.6. The van der Waals surface area contributed by atoms with Gasteiger partial charge in [0.15, 0.2) is 5.78 Å². The second kappa shape index (κ2) is 6.61. The highest BCUT2D eigenvalue weighted by Crippen LogP contribution is 2.26. The van der Waals surface area contributed by atoms with Gasteiger partial charge in [-0.25, -0.2) is 0 Å². The molecule has 0 radical (unpaired) electrons. The maximum Gasteiger partial charge on any atom is 0.176 e. The molecule has 1 atom stereocenters. The van der Waals surface area contributed by atoms with Crippen LogP contribution in [0.4, 0.5) is 0 Å². The van der Waals surface area contributed by atoms with Crippen LogP contribution in [0.3, 0.4) is 0 Å². The molecule has 0 spiro atoms. The average Bonchev–Trinajstić information content (AvgIpc) is 2.86. The van der Waals surface area contributed by atoms with E-state index in [9.17, 15) is 4.79 Å². The van der Waals surface area contributed by atoms with Crippen molar-refractivity contribution >= 4 is 5.78 Å². The van der Waals surface area contributed by atoms with E-state index in [1.54, 1.807) is 0 Å². The Balaban J connectivity index is 1.70. The lowest BCUT2D eigenvalue weighted by atomic mass is 10.0. The summed E-state index contributed by atoms with van der Waals surface area (Å²) in [5.74, 6) is 1.21. The zero-order valence-corrected chi connectivity index (χ0v) is 12.9. The van der Waals surface area contributed by atoms with Crippen molar-refractivity contribution in [2.45, 2.75) is 51.5 Å². The summed E-state index contributed by atoms with van der Waals surface area (Å²) >= 11 is 0. The second-order valence-corrected chi connectivity index (χ2v) is 6.23. The lowest BCUT2D eigenvalue weighted by Gasteiger charge is -2.28. The van der Waals surface area contributed by atoms with Crippen LogP contribution in [-0.2, 0) is 6.42 Å². The number of ether oxygens (including phenoxy) is 1. The van der Waals surface area contributed by atoms with E-state index in [1.165, 1.54) is 31.2 Å². The molecule has 3 nitrogen and oxygen atoms in total. The van der Waals surface area contributed by atoms with Gasteiger partial charge in [-0.05, 0) is 49.6 Å². The van der Waals surface area contributed by atoms with E-state index in [1.807, 2.05) is 18.2 Å². The van der Waals surface area contributed by atoms with Crippen LogP contribution in [-0.4, -0.2) is 36.4 Å². The van der Waals surface area contributed by atoms with Gasteiger partial charge in [-0.3, -0.25) is 9.69 Å². The summed E-state index contributed by atoms with van der Waals surface area (Å²) in [6.07, 6.45) is 7.14. The number of hydrogen-bond donors (Lipinski definition) is 0. The zero-order chi connectivity index (χ0) is 14.7. The van der Waals surface area contributed by atoms with Crippen molar-refractivity contribution in [1.29, 1.82) is 0 Å². The number of Topliss-reactive ketones (excluding diaryl/α,β-unsaturated/α-hetero) is 1. The van der Waals surface area contributed by atoms with Crippen LogP contribution in [0.25, 0.3) is 0 Å². The molecule has 1 unspecified atom stereocenters. The molecule has 0 bridgehead atoms. The van der Waals surface area contributed by atoms with Gasteiger partial charge in [-0.15, -0.1) is 0 Å². The monoisotopic (exact) mass is 287 g/mol. The van der Waals surface area contributed by atoms with Gasteiger partial charge in [0.2, 0.25) is 0 Å². The first-order valence-electron chi connectivity index (χ1n) is 8.31. The van der Waals surface area contributed by atoms with Crippen LogP contribution < -0.4 is 4.74 Å². The van der Waals surface area contributed by atoms with Gasteiger partial charge in [-0.2, -0.15) is 0 Å². The molecule has 2 aliphatic heterocycles. The summed E-state index contributed by atoms with van der Waals surface area (Å²) < 4.78 is 5.51. The molecule has 0 aromatic heterocycles. The molecule has 0 aliphatic carbocycles. The number of rotatable bonds is 4. The topological polar surface area (TPSA) is 29.5 Å². The third-order valence-electron chi connectivity index (χ3n) is 4.83. The van der Waals surface area contributed by atoms with Gasteiger partial charge in [0.05, 0.1) is 13.2 Å². The van der Waals surface area contributed by atoms with Crippen molar-refractivity contribution in [3.8, 4) is 5.75 Å². The number of nitrogens with zero attached hydrogens (tertiary/aromatic N) is 1. The number of fused-ring (bicyclic) bond motifs is 1. The normalized spacial score (nSPS) is 22.4. The fourth-order valence-electron chi connectivity index (χ4n) is 3.54. The Labute approximate surface area is 127 Å². The quantitative estimate of drug-likeness (QED) is 0.794. The van der Waals surface area contributed by atoms with Gasteiger partial charge < -0.3 is 4.74 Å². The third-order valence-corrected chi connectivity index (χ3v) is 4.83. The predicted molar refractivity (Wildman–Crippen MR) is 84.1 cm³/mol. The molecule has 1 aromatic rings. The lowest BCUT2D eigenvalue weighted by Crippen LogP contribution is -2.38. The van der Waals surface area contributed by atoms with Crippen LogP contribution in [0, 0.1) is 0 Å². The summed E-state index contributed by atoms with van der Waals surface area (Å²) in [5, 5.41) is 0. The number of likely N-dealkylation sites (tertiary alicyclic amines) is 1. The van der Waals surface area contributed by atoms with Crippen molar-refractivity contribution in [3.05, 3.63) is 29.3 Å². The predicted octanol–water partition coefficient (Wildman–Crippen LogP) is 3.46. The molecule has 1 fully saturated rings. The summed E-state index contributed by atoms with van der Waals surface area (Å²) in [5.41, 5.74) is 2.03. The number of carbonyl (C=O) groups is 1.